The summed E-state index contributed by atoms with van der Waals surface area (Å²) < 4.78 is 29.9. The molecule has 162 valence electrons. The van der Waals surface area contributed by atoms with E-state index in [1.807, 2.05) is 29.7 Å². The van der Waals surface area contributed by atoms with Gasteiger partial charge in [0, 0.05) is 23.3 Å². The number of halogens is 2. The van der Waals surface area contributed by atoms with Crippen LogP contribution in [0.3, 0.4) is 0 Å². The van der Waals surface area contributed by atoms with Crippen molar-refractivity contribution < 1.29 is 18.7 Å². The first-order valence-electron chi connectivity index (χ1n) is 10.1. The number of nitrogens with one attached hydrogen (secondary N) is 1. The van der Waals surface area contributed by atoms with Gasteiger partial charge in [0.2, 0.25) is 0 Å². The molecule has 1 aliphatic heterocycles. The van der Waals surface area contributed by atoms with Gasteiger partial charge in [-0.05, 0) is 62.4 Å². The predicted octanol–water partition coefficient (Wildman–Crippen LogP) is 5.61. The molecule has 0 saturated carbocycles. The van der Waals surface area contributed by atoms with Crippen LogP contribution in [-0.4, -0.2) is 33.4 Å². The van der Waals surface area contributed by atoms with Crippen LogP contribution in [0, 0.1) is 11.6 Å². The summed E-state index contributed by atoms with van der Waals surface area (Å²) in [5.74, 6) is -1.89. The minimum atomic E-state index is -1.03. The Labute approximate surface area is 182 Å². The van der Waals surface area contributed by atoms with Crippen LogP contribution in [0.5, 0.6) is 0 Å². The lowest BCUT2D eigenvalue weighted by Gasteiger charge is -2.50. The molecule has 0 amide bonds. The van der Waals surface area contributed by atoms with Crippen molar-refractivity contribution in [2.45, 2.75) is 19.4 Å². The average molecular weight is 434 g/mol. The fourth-order valence-corrected chi connectivity index (χ4v) is 4.43. The van der Waals surface area contributed by atoms with Gasteiger partial charge in [-0.25, -0.2) is 13.6 Å². The van der Waals surface area contributed by atoms with E-state index in [4.69, 9.17) is 0 Å². The summed E-state index contributed by atoms with van der Waals surface area (Å²) in [4.78, 5) is 15.0. The van der Waals surface area contributed by atoms with Gasteiger partial charge in [-0.15, -0.1) is 0 Å². The molecule has 0 spiro atoms. The van der Waals surface area contributed by atoms with Crippen molar-refractivity contribution in [1.29, 1.82) is 0 Å². The summed E-state index contributed by atoms with van der Waals surface area (Å²) in [5.41, 5.74) is 2.01. The Hall–Kier alpha value is -3.94. The van der Waals surface area contributed by atoms with E-state index in [1.165, 1.54) is 24.3 Å². The summed E-state index contributed by atoms with van der Waals surface area (Å²) >= 11 is 0. The number of anilines is 4. The quantitative estimate of drug-likeness (QED) is 0.439. The normalized spacial score (nSPS) is 15.1. The smallest absolute Gasteiger partial charge is 0.335 e. The maximum atomic E-state index is 15.8. The molecule has 2 N–H and O–H groups in total. The highest BCUT2D eigenvalue weighted by molar-refractivity contribution is 5.96. The fourth-order valence-electron chi connectivity index (χ4n) is 4.43. The maximum absolute atomic E-state index is 15.8. The molecule has 1 aliphatic rings. The van der Waals surface area contributed by atoms with Crippen molar-refractivity contribution in [2.75, 3.05) is 16.3 Å². The second-order valence-electron chi connectivity index (χ2n) is 8.46. The minimum Gasteiger partial charge on any atom is -0.478 e. The SMILES string of the molecule is CC1(C)CN(c2ccc(C(=O)O)cc2)c2c(cc3cn[nH]c3c2F)N1c1cccc(F)c1. The summed E-state index contributed by atoms with van der Waals surface area (Å²) in [6.45, 7) is 4.37. The molecule has 32 heavy (non-hydrogen) atoms. The molecule has 2 heterocycles. The standard InChI is InChI=1S/C24H20F2N4O2/c1-24(2)13-29(17-8-6-14(7-9-17)23(31)32)22-19(10-15-12-27-28-21(15)20(22)26)30(24)18-5-3-4-16(25)11-18/h3-12H,13H2,1-2H3,(H,27,28)(H,31,32). The lowest BCUT2D eigenvalue weighted by Crippen LogP contribution is -2.53. The van der Waals surface area contributed by atoms with Crippen molar-refractivity contribution in [1.82, 2.24) is 10.2 Å². The number of carbonyl (C=O) groups is 1. The number of hydrogen-bond acceptors (Lipinski definition) is 4. The highest BCUT2D eigenvalue weighted by Crippen LogP contribution is 2.49. The molecule has 0 saturated heterocycles. The Morgan fingerprint density at radius 2 is 1.84 bits per heavy atom. The average Bonchev–Trinajstić information content (AvgIpc) is 3.21. The number of benzene rings is 3. The van der Waals surface area contributed by atoms with E-state index >= 15 is 4.39 Å². The number of aromatic nitrogens is 2. The molecule has 0 aliphatic carbocycles. The van der Waals surface area contributed by atoms with Crippen molar-refractivity contribution >= 4 is 39.6 Å². The third-order valence-electron chi connectivity index (χ3n) is 5.78. The van der Waals surface area contributed by atoms with Crippen molar-refractivity contribution in [3.8, 4) is 0 Å². The van der Waals surface area contributed by atoms with Gasteiger partial charge >= 0.3 is 5.97 Å². The number of carboxylic acid groups (broad SMARTS) is 1. The molecular formula is C24H20F2N4O2. The van der Waals surface area contributed by atoms with Crippen LogP contribution >= 0.6 is 0 Å². The van der Waals surface area contributed by atoms with E-state index in [2.05, 4.69) is 10.2 Å². The van der Waals surface area contributed by atoms with Crippen LogP contribution in [0.2, 0.25) is 0 Å². The van der Waals surface area contributed by atoms with Crippen LogP contribution in [0.25, 0.3) is 10.9 Å². The summed E-state index contributed by atoms with van der Waals surface area (Å²) in [5, 5.41) is 16.5. The zero-order chi connectivity index (χ0) is 22.6. The van der Waals surface area contributed by atoms with Crippen LogP contribution < -0.4 is 9.80 Å². The monoisotopic (exact) mass is 434 g/mol. The van der Waals surface area contributed by atoms with Crippen molar-refractivity contribution in [2.24, 2.45) is 0 Å². The number of rotatable bonds is 3. The van der Waals surface area contributed by atoms with Gasteiger partial charge in [-0.2, -0.15) is 5.10 Å². The van der Waals surface area contributed by atoms with E-state index in [0.717, 1.165) is 0 Å². The molecule has 0 atom stereocenters. The third-order valence-corrected chi connectivity index (χ3v) is 5.78. The second-order valence-corrected chi connectivity index (χ2v) is 8.46. The van der Waals surface area contributed by atoms with E-state index in [0.29, 0.717) is 34.7 Å². The largest absolute Gasteiger partial charge is 0.478 e. The molecular weight excluding hydrogens is 414 g/mol. The van der Waals surface area contributed by atoms with Crippen molar-refractivity contribution in [3.63, 3.8) is 0 Å². The number of hydrogen-bond donors (Lipinski definition) is 2. The molecule has 0 unspecified atom stereocenters. The van der Waals surface area contributed by atoms with Gasteiger partial charge in [-0.1, -0.05) is 6.07 Å². The van der Waals surface area contributed by atoms with Gasteiger partial charge < -0.3 is 14.9 Å². The molecule has 6 nitrogen and oxygen atoms in total. The number of fused-ring (bicyclic) bond motifs is 2. The maximum Gasteiger partial charge on any atom is 0.335 e. The van der Waals surface area contributed by atoms with Crippen LogP contribution in [-0.2, 0) is 0 Å². The molecule has 4 aromatic rings. The molecule has 0 bridgehead atoms. The lowest BCUT2D eigenvalue weighted by atomic mass is 9.93. The summed E-state index contributed by atoms with van der Waals surface area (Å²) in [6, 6.07) is 14.4. The minimum absolute atomic E-state index is 0.149. The molecule has 8 heteroatoms. The Morgan fingerprint density at radius 3 is 2.53 bits per heavy atom. The molecule has 1 aromatic heterocycles. The molecule has 0 fully saturated rings. The van der Waals surface area contributed by atoms with Gasteiger partial charge in [0.1, 0.15) is 17.0 Å². The van der Waals surface area contributed by atoms with Gasteiger partial charge in [0.25, 0.3) is 0 Å². The van der Waals surface area contributed by atoms with E-state index in [-0.39, 0.29) is 16.9 Å². The number of aromatic amines is 1. The Bertz CT molecular complexity index is 1350. The molecule has 5 rings (SSSR count). The van der Waals surface area contributed by atoms with Crippen LogP contribution in [0.1, 0.15) is 24.2 Å². The highest BCUT2D eigenvalue weighted by atomic mass is 19.1. The van der Waals surface area contributed by atoms with Gasteiger partial charge in [-0.3, -0.25) is 5.10 Å². The number of nitrogens with zero attached hydrogens (tertiary/aromatic N) is 3. The van der Waals surface area contributed by atoms with Gasteiger partial charge in [0.15, 0.2) is 5.82 Å². The first kappa shape index (κ1) is 20.0. The lowest BCUT2D eigenvalue weighted by molar-refractivity contribution is 0.0697. The topological polar surface area (TPSA) is 72.5 Å². The van der Waals surface area contributed by atoms with Crippen molar-refractivity contribution in [3.05, 3.63) is 78.0 Å². The Morgan fingerprint density at radius 1 is 1.09 bits per heavy atom. The second kappa shape index (κ2) is 7.05. The number of H-pyrrole nitrogens is 1. The summed E-state index contributed by atoms with van der Waals surface area (Å²) in [6.07, 6.45) is 1.55. The van der Waals surface area contributed by atoms with Gasteiger partial charge in [0.05, 0.1) is 23.0 Å². The molecule has 0 radical (unpaired) electrons. The zero-order valence-electron chi connectivity index (χ0n) is 17.4. The van der Waals surface area contributed by atoms with Crippen LogP contribution in [0.4, 0.5) is 31.5 Å². The third kappa shape index (κ3) is 3.07. The zero-order valence-corrected chi connectivity index (χ0v) is 17.4. The van der Waals surface area contributed by atoms with E-state index < -0.39 is 17.3 Å². The number of aromatic carboxylic acids is 1. The van der Waals surface area contributed by atoms with E-state index in [1.54, 1.807) is 30.5 Å². The molecule has 3 aromatic carbocycles. The summed E-state index contributed by atoms with van der Waals surface area (Å²) in [7, 11) is 0. The fraction of sp³-hybridized carbons (Fsp3) is 0.167. The first-order valence-corrected chi connectivity index (χ1v) is 10.1. The van der Waals surface area contributed by atoms with E-state index in [9.17, 15) is 14.3 Å². The predicted molar refractivity (Wildman–Crippen MR) is 119 cm³/mol. The first-order chi connectivity index (χ1) is 15.3. The Balaban J connectivity index is 1.76. The Kier molecular flexibility index (Phi) is 4.40. The highest BCUT2D eigenvalue weighted by Gasteiger charge is 2.40. The van der Waals surface area contributed by atoms with Crippen LogP contribution in [0.15, 0.2) is 60.8 Å². The number of carboxylic acids is 1.